The fourth-order valence-electron chi connectivity index (χ4n) is 2.53. The predicted molar refractivity (Wildman–Crippen MR) is 67.6 cm³/mol. The van der Waals surface area contributed by atoms with Crippen LogP contribution in [0.5, 0.6) is 0 Å². The minimum absolute atomic E-state index is 0.0393. The Kier molecular flexibility index (Phi) is 2.02. The van der Waals surface area contributed by atoms with Crippen LogP contribution >= 0.6 is 11.8 Å². The number of hydrogen-bond donors (Lipinski definition) is 0. The Balaban J connectivity index is 2.04. The number of para-hydroxylation sites is 1. The maximum atomic E-state index is 12.5. The smallest absolute Gasteiger partial charge is 0.257 e. The summed E-state index contributed by atoms with van der Waals surface area (Å²) < 4.78 is 1.93. The number of carbonyl (C=O) groups is 1. The largest absolute Gasteiger partial charge is 0.318 e. The number of nitrogens with zero attached hydrogens (tertiary/aromatic N) is 4. The van der Waals surface area contributed by atoms with E-state index in [1.807, 2.05) is 33.7 Å². The van der Waals surface area contributed by atoms with Gasteiger partial charge in [0.1, 0.15) is 12.4 Å². The van der Waals surface area contributed by atoms with Gasteiger partial charge in [0.25, 0.3) is 5.91 Å². The lowest BCUT2D eigenvalue weighted by molar-refractivity contribution is 0.0747. The van der Waals surface area contributed by atoms with Gasteiger partial charge >= 0.3 is 0 Å². The molecule has 18 heavy (non-hydrogen) atoms. The van der Waals surface area contributed by atoms with Crippen LogP contribution in [0.1, 0.15) is 22.2 Å². The van der Waals surface area contributed by atoms with Gasteiger partial charge in [-0.25, -0.2) is 0 Å². The highest BCUT2D eigenvalue weighted by Gasteiger charge is 2.38. The van der Waals surface area contributed by atoms with E-state index in [-0.39, 0.29) is 11.9 Å². The summed E-state index contributed by atoms with van der Waals surface area (Å²) in [5.41, 5.74) is 1.60. The first-order valence-corrected chi connectivity index (χ1v) is 6.90. The van der Waals surface area contributed by atoms with Gasteiger partial charge in [-0.15, -0.1) is 22.0 Å². The summed E-state index contributed by atoms with van der Waals surface area (Å²) in [6, 6.07) is 7.67. The molecule has 1 saturated heterocycles. The summed E-state index contributed by atoms with van der Waals surface area (Å²) in [7, 11) is 0. The Bertz CT molecular complexity index is 639. The highest BCUT2D eigenvalue weighted by atomic mass is 32.2. The summed E-state index contributed by atoms with van der Waals surface area (Å²) in [5, 5.41) is 8.19. The first kappa shape index (κ1) is 10.1. The lowest BCUT2D eigenvalue weighted by Gasteiger charge is -2.19. The minimum atomic E-state index is 0.0393. The van der Waals surface area contributed by atoms with Gasteiger partial charge < -0.3 is 4.90 Å². The molecule has 0 aliphatic carbocycles. The van der Waals surface area contributed by atoms with Crippen molar-refractivity contribution in [2.45, 2.75) is 6.04 Å². The normalized spacial score (nSPS) is 21.2. The third kappa shape index (κ3) is 1.21. The molecule has 5 nitrogen and oxygen atoms in total. The average molecular weight is 258 g/mol. The Morgan fingerprint density at radius 3 is 3.17 bits per heavy atom. The molecule has 2 aromatic rings. The van der Waals surface area contributed by atoms with Crippen LogP contribution in [0.3, 0.4) is 0 Å². The van der Waals surface area contributed by atoms with Gasteiger partial charge in [-0.1, -0.05) is 12.1 Å². The fraction of sp³-hybridized carbons (Fsp3) is 0.250. The third-order valence-corrected chi connectivity index (χ3v) is 4.42. The van der Waals surface area contributed by atoms with E-state index in [0.717, 1.165) is 28.7 Å². The monoisotopic (exact) mass is 258 g/mol. The third-order valence-electron chi connectivity index (χ3n) is 3.41. The van der Waals surface area contributed by atoms with Crippen LogP contribution in [0.4, 0.5) is 0 Å². The molecule has 1 atom stereocenters. The number of fused-ring (bicyclic) bond motifs is 5. The highest BCUT2D eigenvalue weighted by Crippen LogP contribution is 2.37. The average Bonchev–Trinajstić information content (AvgIpc) is 3.04. The first-order chi connectivity index (χ1) is 8.86. The summed E-state index contributed by atoms with van der Waals surface area (Å²) in [5.74, 6) is 2.56. The van der Waals surface area contributed by atoms with Crippen molar-refractivity contribution in [3.63, 3.8) is 0 Å². The molecular formula is C12H10N4OS. The van der Waals surface area contributed by atoms with Crippen LogP contribution in [0.2, 0.25) is 0 Å². The van der Waals surface area contributed by atoms with Gasteiger partial charge in [0.2, 0.25) is 0 Å². The number of hydrogen-bond acceptors (Lipinski definition) is 4. The second-order valence-electron chi connectivity index (χ2n) is 4.37. The molecule has 1 aromatic carbocycles. The molecule has 0 radical (unpaired) electrons. The molecule has 2 aliphatic heterocycles. The van der Waals surface area contributed by atoms with Crippen molar-refractivity contribution >= 4 is 17.7 Å². The quantitative estimate of drug-likeness (QED) is 0.718. The summed E-state index contributed by atoms with van der Waals surface area (Å²) in [6.07, 6.45) is 1.69. The topological polar surface area (TPSA) is 51.0 Å². The van der Waals surface area contributed by atoms with Crippen molar-refractivity contribution in [3.8, 4) is 5.69 Å². The molecule has 6 heteroatoms. The lowest BCUT2D eigenvalue weighted by Crippen LogP contribution is -2.30. The molecule has 1 amide bonds. The fourth-order valence-corrected chi connectivity index (χ4v) is 3.68. The van der Waals surface area contributed by atoms with Crippen LogP contribution in [0, 0.1) is 0 Å². The predicted octanol–water partition coefficient (Wildman–Crippen LogP) is 1.47. The molecule has 1 aromatic heterocycles. The van der Waals surface area contributed by atoms with E-state index < -0.39 is 0 Å². The molecule has 0 bridgehead atoms. The van der Waals surface area contributed by atoms with Crippen molar-refractivity contribution in [3.05, 3.63) is 42.0 Å². The van der Waals surface area contributed by atoms with E-state index in [0.29, 0.717) is 0 Å². The molecule has 1 unspecified atom stereocenters. The second kappa shape index (κ2) is 3.58. The van der Waals surface area contributed by atoms with Gasteiger partial charge in [-0.2, -0.15) is 0 Å². The van der Waals surface area contributed by atoms with Gasteiger partial charge in [0, 0.05) is 5.75 Å². The van der Waals surface area contributed by atoms with Crippen molar-refractivity contribution in [2.75, 3.05) is 11.6 Å². The SMILES string of the molecule is O=C1c2ccccc2-n2cnnc2C2CSCN12. The van der Waals surface area contributed by atoms with Crippen molar-refractivity contribution < 1.29 is 4.79 Å². The van der Waals surface area contributed by atoms with E-state index in [1.165, 1.54) is 0 Å². The maximum absolute atomic E-state index is 12.5. The number of amides is 1. The standard InChI is InChI=1S/C12H10N4OS/c17-12-8-3-1-2-4-9(8)15-6-13-14-11(15)10-5-18-7-16(10)12/h1-4,6,10H,5,7H2. The van der Waals surface area contributed by atoms with Crippen LogP contribution in [-0.4, -0.2) is 37.2 Å². The maximum Gasteiger partial charge on any atom is 0.257 e. The molecule has 3 heterocycles. The van der Waals surface area contributed by atoms with Gasteiger partial charge in [0.05, 0.1) is 17.1 Å². The molecule has 90 valence electrons. The van der Waals surface area contributed by atoms with Gasteiger partial charge in [-0.3, -0.25) is 9.36 Å². The van der Waals surface area contributed by atoms with Crippen LogP contribution < -0.4 is 0 Å². The minimum Gasteiger partial charge on any atom is -0.318 e. The Morgan fingerprint density at radius 1 is 1.33 bits per heavy atom. The van der Waals surface area contributed by atoms with Crippen LogP contribution in [0.25, 0.3) is 5.69 Å². The van der Waals surface area contributed by atoms with E-state index in [1.54, 1.807) is 18.1 Å². The zero-order valence-electron chi connectivity index (χ0n) is 9.48. The molecule has 2 aliphatic rings. The van der Waals surface area contributed by atoms with E-state index in [4.69, 9.17) is 0 Å². The van der Waals surface area contributed by atoms with Gasteiger partial charge in [0.15, 0.2) is 5.82 Å². The molecule has 0 saturated carbocycles. The van der Waals surface area contributed by atoms with E-state index in [9.17, 15) is 4.79 Å². The highest BCUT2D eigenvalue weighted by molar-refractivity contribution is 7.99. The summed E-state index contributed by atoms with van der Waals surface area (Å²) >= 11 is 1.76. The molecule has 4 rings (SSSR count). The summed E-state index contributed by atoms with van der Waals surface area (Å²) in [4.78, 5) is 14.4. The Hall–Kier alpha value is -1.82. The number of carbonyl (C=O) groups excluding carboxylic acids is 1. The zero-order valence-corrected chi connectivity index (χ0v) is 10.3. The first-order valence-electron chi connectivity index (χ1n) is 5.74. The van der Waals surface area contributed by atoms with Crippen LogP contribution in [-0.2, 0) is 0 Å². The van der Waals surface area contributed by atoms with Crippen molar-refractivity contribution in [1.29, 1.82) is 0 Å². The van der Waals surface area contributed by atoms with Gasteiger partial charge in [-0.05, 0) is 12.1 Å². The molecule has 0 spiro atoms. The zero-order chi connectivity index (χ0) is 12.1. The number of rotatable bonds is 0. The number of thioether (sulfide) groups is 1. The van der Waals surface area contributed by atoms with Crippen LogP contribution in [0.15, 0.2) is 30.6 Å². The Labute approximate surface area is 108 Å². The van der Waals surface area contributed by atoms with E-state index in [2.05, 4.69) is 10.2 Å². The van der Waals surface area contributed by atoms with Crippen molar-refractivity contribution in [2.24, 2.45) is 0 Å². The number of benzene rings is 1. The lowest BCUT2D eigenvalue weighted by atomic mass is 10.1. The number of aromatic nitrogens is 3. The second-order valence-corrected chi connectivity index (χ2v) is 5.37. The van der Waals surface area contributed by atoms with Crippen molar-refractivity contribution in [1.82, 2.24) is 19.7 Å². The molecule has 0 N–H and O–H groups in total. The van der Waals surface area contributed by atoms with E-state index >= 15 is 0 Å². The molecular weight excluding hydrogens is 248 g/mol. The Morgan fingerprint density at radius 2 is 2.22 bits per heavy atom. The summed E-state index contributed by atoms with van der Waals surface area (Å²) in [6.45, 7) is 0. The molecule has 1 fully saturated rings.